The van der Waals surface area contributed by atoms with E-state index in [0.29, 0.717) is 12.0 Å². The average molecular weight is 253 g/mol. The van der Waals surface area contributed by atoms with Gasteiger partial charge in [-0.05, 0) is 31.6 Å². The molecule has 1 heterocycles. The number of piperidine rings is 1. The minimum Gasteiger partial charge on any atom is -0.381 e. The van der Waals surface area contributed by atoms with Crippen molar-refractivity contribution in [2.45, 2.75) is 51.6 Å². The smallest absolute Gasteiger partial charge is 0.127 e. The first-order chi connectivity index (χ1) is 8.67. The molecule has 2 aliphatic rings. The van der Waals surface area contributed by atoms with Crippen LogP contribution in [-0.2, 0) is 9.53 Å². The van der Waals surface area contributed by atoms with E-state index in [1.165, 1.54) is 19.1 Å². The SMILES string of the molecule is COC1CCN(CC2(C=O)CCCC(C)C2)CC1. The minimum atomic E-state index is -0.0580. The Labute approximate surface area is 111 Å². The van der Waals surface area contributed by atoms with Crippen LogP contribution in [0.5, 0.6) is 0 Å². The quantitative estimate of drug-likeness (QED) is 0.721. The maximum atomic E-state index is 11.6. The molecule has 1 aliphatic heterocycles. The van der Waals surface area contributed by atoms with Crippen molar-refractivity contribution >= 4 is 6.29 Å². The normalized spacial score (nSPS) is 35.6. The lowest BCUT2D eigenvalue weighted by molar-refractivity contribution is -0.120. The van der Waals surface area contributed by atoms with E-state index in [1.807, 2.05) is 0 Å². The number of hydrogen-bond donors (Lipinski definition) is 0. The second-order valence-corrected chi connectivity index (χ2v) is 6.39. The van der Waals surface area contributed by atoms with Crippen molar-refractivity contribution in [1.82, 2.24) is 4.90 Å². The first-order valence-corrected chi connectivity index (χ1v) is 7.39. The topological polar surface area (TPSA) is 29.5 Å². The summed E-state index contributed by atoms with van der Waals surface area (Å²) in [5.74, 6) is 0.709. The molecule has 0 amide bonds. The van der Waals surface area contributed by atoms with Gasteiger partial charge in [-0.25, -0.2) is 0 Å². The molecule has 0 aromatic carbocycles. The summed E-state index contributed by atoms with van der Waals surface area (Å²) in [6.07, 6.45) is 8.59. The number of likely N-dealkylation sites (tertiary alicyclic amines) is 1. The van der Waals surface area contributed by atoms with Crippen LogP contribution in [0.2, 0.25) is 0 Å². The molecule has 2 atom stereocenters. The third kappa shape index (κ3) is 3.33. The van der Waals surface area contributed by atoms with Crippen LogP contribution < -0.4 is 0 Å². The summed E-state index contributed by atoms with van der Waals surface area (Å²) in [7, 11) is 1.80. The number of aldehydes is 1. The van der Waals surface area contributed by atoms with Gasteiger partial charge in [0.25, 0.3) is 0 Å². The van der Waals surface area contributed by atoms with Gasteiger partial charge in [0.05, 0.1) is 6.10 Å². The van der Waals surface area contributed by atoms with Crippen LogP contribution in [0.1, 0.15) is 45.4 Å². The highest BCUT2D eigenvalue weighted by molar-refractivity contribution is 5.60. The van der Waals surface area contributed by atoms with Gasteiger partial charge >= 0.3 is 0 Å². The lowest BCUT2D eigenvalue weighted by Crippen LogP contribution is -2.45. The molecule has 2 fully saturated rings. The highest BCUT2D eigenvalue weighted by Crippen LogP contribution is 2.38. The monoisotopic (exact) mass is 253 g/mol. The predicted molar refractivity (Wildman–Crippen MR) is 72.6 cm³/mol. The molecule has 3 heteroatoms. The summed E-state index contributed by atoms with van der Waals surface area (Å²) < 4.78 is 5.40. The van der Waals surface area contributed by atoms with Gasteiger partial charge in [-0.3, -0.25) is 0 Å². The Kier molecular flexibility index (Phi) is 4.79. The third-order valence-corrected chi connectivity index (χ3v) is 4.78. The van der Waals surface area contributed by atoms with Crippen molar-refractivity contribution in [1.29, 1.82) is 0 Å². The fourth-order valence-electron chi connectivity index (χ4n) is 3.74. The first kappa shape index (κ1) is 14.0. The van der Waals surface area contributed by atoms with Crippen LogP contribution in [0.3, 0.4) is 0 Å². The number of methoxy groups -OCH3 is 1. The molecule has 104 valence electrons. The van der Waals surface area contributed by atoms with Gasteiger partial charge in [-0.15, -0.1) is 0 Å². The molecule has 2 rings (SSSR count). The van der Waals surface area contributed by atoms with Crippen LogP contribution in [0.25, 0.3) is 0 Å². The second kappa shape index (κ2) is 6.16. The molecule has 1 aliphatic carbocycles. The van der Waals surface area contributed by atoms with Crippen LogP contribution in [-0.4, -0.2) is 44.0 Å². The van der Waals surface area contributed by atoms with Gasteiger partial charge in [0, 0.05) is 32.2 Å². The molecule has 1 saturated carbocycles. The van der Waals surface area contributed by atoms with Crippen molar-refractivity contribution in [3.8, 4) is 0 Å². The number of carbonyl (C=O) groups is 1. The van der Waals surface area contributed by atoms with Gasteiger partial charge in [0.2, 0.25) is 0 Å². The minimum absolute atomic E-state index is 0.0580. The third-order valence-electron chi connectivity index (χ3n) is 4.78. The Balaban J connectivity index is 1.88. The van der Waals surface area contributed by atoms with E-state index < -0.39 is 0 Å². The van der Waals surface area contributed by atoms with Crippen LogP contribution in [0.4, 0.5) is 0 Å². The van der Waals surface area contributed by atoms with E-state index in [9.17, 15) is 4.79 Å². The van der Waals surface area contributed by atoms with E-state index in [1.54, 1.807) is 7.11 Å². The van der Waals surface area contributed by atoms with Crippen molar-refractivity contribution in [3.05, 3.63) is 0 Å². The summed E-state index contributed by atoms with van der Waals surface area (Å²) in [6.45, 7) is 5.43. The Morgan fingerprint density at radius 2 is 2.06 bits per heavy atom. The number of ether oxygens (including phenoxy) is 1. The van der Waals surface area contributed by atoms with Gasteiger partial charge in [-0.2, -0.15) is 0 Å². The summed E-state index contributed by atoms with van der Waals surface area (Å²) in [6, 6.07) is 0. The van der Waals surface area contributed by atoms with E-state index in [4.69, 9.17) is 4.74 Å². The summed E-state index contributed by atoms with van der Waals surface area (Å²) in [5.41, 5.74) is -0.0580. The van der Waals surface area contributed by atoms with E-state index in [0.717, 1.165) is 45.3 Å². The van der Waals surface area contributed by atoms with Crippen LogP contribution >= 0.6 is 0 Å². The second-order valence-electron chi connectivity index (χ2n) is 6.39. The van der Waals surface area contributed by atoms with Crippen molar-refractivity contribution in [2.75, 3.05) is 26.7 Å². The van der Waals surface area contributed by atoms with E-state index >= 15 is 0 Å². The molecular weight excluding hydrogens is 226 g/mol. The van der Waals surface area contributed by atoms with E-state index in [-0.39, 0.29) is 5.41 Å². The van der Waals surface area contributed by atoms with Gasteiger partial charge < -0.3 is 14.4 Å². The Morgan fingerprint density at radius 3 is 2.61 bits per heavy atom. The zero-order valence-corrected chi connectivity index (χ0v) is 11.9. The molecule has 0 aromatic rings. The number of carbonyl (C=O) groups excluding carboxylic acids is 1. The molecule has 0 radical (unpaired) electrons. The molecule has 0 N–H and O–H groups in total. The Morgan fingerprint density at radius 1 is 1.33 bits per heavy atom. The van der Waals surface area contributed by atoms with Gasteiger partial charge in [0.15, 0.2) is 0 Å². The first-order valence-electron chi connectivity index (χ1n) is 7.39. The van der Waals surface area contributed by atoms with Crippen molar-refractivity contribution in [3.63, 3.8) is 0 Å². The molecule has 3 nitrogen and oxygen atoms in total. The summed E-state index contributed by atoms with van der Waals surface area (Å²) >= 11 is 0. The molecule has 0 bridgehead atoms. The molecule has 0 aromatic heterocycles. The lowest BCUT2D eigenvalue weighted by Gasteiger charge is -2.41. The molecule has 1 saturated heterocycles. The lowest BCUT2D eigenvalue weighted by atomic mass is 9.70. The fourth-order valence-corrected chi connectivity index (χ4v) is 3.74. The standard InChI is InChI=1S/C15H27NO2/c1-13-4-3-7-15(10-13,12-17)11-16-8-5-14(18-2)6-9-16/h12-14H,3-11H2,1-2H3. The summed E-state index contributed by atoms with van der Waals surface area (Å²) in [5, 5.41) is 0. The Hall–Kier alpha value is -0.410. The fraction of sp³-hybridized carbons (Fsp3) is 0.933. The number of rotatable bonds is 4. The van der Waals surface area contributed by atoms with Crippen molar-refractivity contribution in [2.24, 2.45) is 11.3 Å². The van der Waals surface area contributed by atoms with Gasteiger partial charge in [-0.1, -0.05) is 19.8 Å². The highest BCUT2D eigenvalue weighted by Gasteiger charge is 2.37. The van der Waals surface area contributed by atoms with Gasteiger partial charge in [0.1, 0.15) is 6.29 Å². The molecular formula is C15H27NO2. The highest BCUT2D eigenvalue weighted by atomic mass is 16.5. The maximum absolute atomic E-state index is 11.6. The Bertz CT molecular complexity index is 274. The van der Waals surface area contributed by atoms with Crippen LogP contribution in [0, 0.1) is 11.3 Å². The average Bonchev–Trinajstić information content (AvgIpc) is 2.39. The number of hydrogen-bond acceptors (Lipinski definition) is 3. The number of nitrogens with zero attached hydrogens (tertiary/aromatic N) is 1. The zero-order valence-electron chi connectivity index (χ0n) is 11.9. The summed E-state index contributed by atoms with van der Waals surface area (Å²) in [4.78, 5) is 14.0. The van der Waals surface area contributed by atoms with E-state index in [2.05, 4.69) is 11.8 Å². The molecule has 0 spiro atoms. The van der Waals surface area contributed by atoms with Crippen molar-refractivity contribution < 1.29 is 9.53 Å². The molecule has 18 heavy (non-hydrogen) atoms. The molecule has 2 unspecified atom stereocenters. The zero-order chi connectivity index (χ0) is 13.0. The maximum Gasteiger partial charge on any atom is 0.127 e. The van der Waals surface area contributed by atoms with Crippen LogP contribution in [0.15, 0.2) is 0 Å². The largest absolute Gasteiger partial charge is 0.381 e. The predicted octanol–water partition coefficient (Wildman–Crippen LogP) is 2.49.